The zero-order valence-electron chi connectivity index (χ0n) is 18.6. The van der Waals surface area contributed by atoms with Gasteiger partial charge < -0.3 is 15.7 Å². The van der Waals surface area contributed by atoms with E-state index in [0.717, 1.165) is 25.7 Å². The second-order valence-corrected chi connectivity index (χ2v) is 8.46. The van der Waals surface area contributed by atoms with Crippen LogP contribution in [0.3, 0.4) is 0 Å². The highest BCUT2D eigenvalue weighted by atomic mass is 35.5. The SMILES string of the molecule is CC.O=C(NC1CCCCC1)c1[nH]ncc1NC(=O)c1c(Cl)cccc1Cl.OCC1CC1. The minimum Gasteiger partial charge on any atom is -0.396 e. The van der Waals surface area contributed by atoms with Crippen molar-refractivity contribution in [2.45, 2.75) is 64.8 Å². The lowest BCUT2D eigenvalue weighted by molar-refractivity contribution is 0.0923. The summed E-state index contributed by atoms with van der Waals surface area (Å²) in [5, 5.41) is 20.8. The molecule has 0 atom stereocenters. The van der Waals surface area contributed by atoms with Crippen molar-refractivity contribution in [2.24, 2.45) is 5.92 Å². The van der Waals surface area contributed by atoms with Gasteiger partial charge in [-0.15, -0.1) is 0 Å². The number of carbonyl (C=O) groups excluding carboxylic acids is 2. The van der Waals surface area contributed by atoms with Crippen LogP contribution in [0.1, 0.15) is 79.6 Å². The standard InChI is InChI=1S/C17H18Cl2N4O2.C4H8O.C2H6/c18-11-7-4-8-12(19)14(11)16(24)22-13-9-20-23-15(13)17(25)21-10-5-2-1-3-6-10;5-3-4-1-2-4;1-2/h4,7-10H,1-3,5-6H2,(H,20,23)(H,21,25)(H,22,24);4-5H,1-3H2;1-2H3. The average molecular weight is 483 g/mol. The summed E-state index contributed by atoms with van der Waals surface area (Å²) in [7, 11) is 0. The maximum absolute atomic E-state index is 12.5. The fraction of sp³-hybridized carbons (Fsp3) is 0.522. The van der Waals surface area contributed by atoms with E-state index in [0.29, 0.717) is 12.5 Å². The van der Waals surface area contributed by atoms with Gasteiger partial charge in [0.2, 0.25) is 0 Å². The summed E-state index contributed by atoms with van der Waals surface area (Å²) in [5.41, 5.74) is 0.655. The highest BCUT2D eigenvalue weighted by Crippen LogP contribution is 2.27. The molecule has 2 aliphatic carbocycles. The number of amides is 2. The van der Waals surface area contributed by atoms with Crippen LogP contribution in [-0.2, 0) is 0 Å². The molecule has 2 aliphatic rings. The van der Waals surface area contributed by atoms with E-state index in [9.17, 15) is 9.59 Å². The smallest absolute Gasteiger partial charge is 0.271 e. The number of aromatic nitrogens is 2. The fourth-order valence-electron chi connectivity index (χ4n) is 3.26. The Bertz CT molecular complexity index is 858. The van der Waals surface area contributed by atoms with Gasteiger partial charge in [0.05, 0.1) is 27.5 Å². The van der Waals surface area contributed by atoms with Crippen LogP contribution in [0.2, 0.25) is 10.0 Å². The Balaban J connectivity index is 0.000000448. The predicted octanol–water partition coefficient (Wildman–Crippen LogP) is 5.45. The molecule has 2 fully saturated rings. The third-order valence-electron chi connectivity index (χ3n) is 5.20. The number of nitrogens with zero attached hydrogens (tertiary/aromatic N) is 1. The number of hydrogen-bond acceptors (Lipinski definition) is 4. The van der Waals surface area contributed by atoms with Crippen LogP contribution in [0.15, 0.2) is 24.4 Å². The van der Waals surface area contributed by atoms with Crippen molar-refractivity contribution in [3.63, 3.8) is 0 Å². The Morgan fingerprint density at radius 3 is 2.22 bits per heavy atom. The van der Waals surface area contributed by atoms with Gasteiger partial charge in [0.1, 0.15) is 5.69 Å². The van der Waals surface area contributed by atoms with Gasteiger partial charge in [-0.25, -0.2) is 0 Å². The van der Waals surface area contributed by atoms with E-state index in [2.05, 4.69) is 20.8 Å². The average Bonchev–Trinajstić information content (AvgIpc) is 3.53. The van der Waals surface area contributed by atoms with Gasteiger partial charge in [0.25, 0.3) is 11.8 Å². The molecule has 0 saturated heterocycles. The van der Waals surface area contributed by atoms with Crippen molar-refractivity contribution in [1.29, 1.82) is 0 Å². The van der Waals surface area contributed by atoms with Crippen LogP contribution >= 0.6 is 23.2 Å². The number of rotatable bonds is 5. The van der Waals surface area contributed by atoms with E-state index >= 15 is 0 Å². The summed E-state index contributed by atoms with van der Waals surface area (Å²) >= 11 is 12.1. The number of carbonyl (C=O) groups is 2. The molecule has 0 aliphatic heterocycles. The number of hydrogen-bond donors (Lipinski definition) is 4. The third-order valence-corrected chi connectivity index (χ3v) is 5.83. The molecule has 1 aromatic carbocycles. The Hall–Kier alpha value is -2.09. The normalized spacial score (nSPS) is 15.5. The van der Waals surface area contributed by atoms with E-state index in [-0.39, 0.29) is 38.9 Å². The Kier molecular flexibility index (Phi) is 11.0. The second kappa shape index (κ2) is 13.5. The van der Waals surface area contributed by atoms with Crippen molar-refractivity contribution in [2.75, 3.05) is 11.9 Å². The molecule has 32 heavy (non-hydrogen) atoms. The lowest BCUT2D eigenvalue weighted by Crippen LogP contribution is -2.36. The zero-order valence-corrected chi connectivity index (χ0v) is 20.1. The molecule has 4 rings (SSSR count). The lowest BCUT2D eigenvalue weighted by atomic mass is 9.95. The van der Waals surface area contributed by atoms with E-state index in [1.807, 2.05) is 13.8 Å². The molecule has 2 aromatic rings. The van der Waals surface area contributed by atoms with E-state index in [1.165, 1.54) is 25.5 Å². The number of nitrogens with one attached hydrogen (secondary N) is 3. The number of halogens is 2. The molecular weight excluding hydrogens is 451 g/mol. The Labute approximate surface area is 199 Å². The van der Waals surface area contributed by atoms with Crippen LogP contribution in [0.4, 0.5) is 5.69 Å². The number of benzene rings is 1. The molecule has 0 radical (unpaired) electrons. The van der Waals surface area contributed by atoms with E-state index in [1.54, 1.807) is 18.2 Å². The van der Waals surface area contributed by atoms with E-state index < -0.39 is 5.91 Å². The highest BCUT2D eigenvalue weighted by Gasteiger charge is 2.22. The van der Waals surface area contributed by atoms with Crippen molar-refractivity contribution >= 4 is 40.7 Å². The second-order valence-electron chi connectivity index (χ2n) is 7.64. The number of H-pyrrole nitrogens is 1. The van der Waals surface area contributed by atoms with Gasteiger partial charge in [0.15, 0.2) is 0 Å². The Morgan fingerprint density at radius 1 is 1.06 bits per heavy atom. The van der Waals surface area contributed by atoms with Crippen molar-refractivity contribution < 1.29 is 14.7 Å². The summed E-state index contributed by atoms with van der Waals surface area (Å²) in [6.07, 6.45) is 9.28. The third kappa shape index (κ3) is 7.80. The largest absolute Gasteiger partial charge is 0.396 e. The van der Waals surface area contributed by atoms with Crippen LogP contribution in [-0.4, -0.2) is 39.8 Å². The molecule has 0 spiro atoms. The molecule has 2 saturated carbocycles. The summed E-state index contributed by atoms with van der Waals surface area (Å²) in [6, 6.07) is 4.97. The van der Waals surface area contributed by atoms with Crippen molar-refractivity contribution in [1.82, 2.24) is 15.5 Å². The quantitative estimate of drug-likeness (QED) is 0.454. The lowest BCUT2D eigenvalue weighted by Gasteiger charge is -2.22. The van der Waals surface area contributed by atoms with Gasteiger partial charge in [-0.2, -0.15) is 5.10 Å². The fourth-order valence-corrected chi connectivity index (χ4v) is 3.83. The van der Waals surface area contributed by atoms with Gasteiger partial charge in [0, 0.05) is 12.6 Å². The molecule has 2 amide bonds. The van der Waals surface area contributed by atoms with Crippen molar-refractivity contribution in [3.8, 4) is 0 Å². The van der Waals surface area contributed by atoms with Crippen LogP contribution in [0.5, 0.6) is 0 Å². The van der Waals surface area contributed by atoms with Gasteiger partial charge in [-0.05, 0) is 43.7 Å². The molecule has 0 unspecified atom stereocenters. The molecule has 4 N–H and O–H groups in total. The van der Waals surface area contributed by atoms with Gasteiger partial charge in [-0.1, -0.05) is 62.4 Å². The minimum absolute atomic E-state index is 0.158. The number of anilines is 1. The summed E-state index contributed by atoms with van der Waals surface area (Å²) in [6.45, 7) is 4.42. The first-order chi connectivity index (χ1) is 15.5. The maximum atomic E-state index is 12.5. The Morgan fingerprint density at radius 2 is 1.69 bits per heavy atom. The minimum atomic E-state index is -0.497. The number of aliphatic hydroxyl groups is 1. The number of aromatic amines is 1. The first-order valence-electron chi connectivity index (χ1n) is 11.2. The molecule has 176 valence electrons. The monoisotopic (exact) mass is 482 g/mol. The van der Waals surface area contributed by atoms with Crippen LogP contribution in [0, 0.1) is 5.92 Å². The molecule has 9 heteroatoms. The summed E-state index contributed by atoms with van der Waals surface area (Å²) in [4.78, 5) is 24.9. The van der Waals surface area contributed by atoms with Crippen LogP contribution in [0.25, 0.3) is 0 Å². The summed E-state index contributed by atoms with van der Waals surface area (Å²) in [5.74, 6) is -0.0938. The highest BCUT2D eigenvalue weighted by molar-refractivity contribution is 6.40. The first-order valence-corrected chi connectivity index (χ1v) is 12.0. The van der Waals surface area contributed by atoms with E-state index in [4.69, 9.17) is 28.3 Å². The maximum Gasteiger partial charge on any atom is 0.271 e. The molecule has 1 aromatic heterocycles. The van der Waals surface area contributed by atoms with Gasteiger partial charge >= 0.3 is 0 Å². The summed E-state index contributed by atoms with van der Waals surface area (Å²) < 4.78 is 0. The predicted molar refractivity (Wildman–Crippen MR) is 128 cm³/mol. The topological polar surface area (TPSA) is 107 Å². The molecular formula is C23H32Cl2N4O3. The molecule has 0 bridgehead atoms. The van der Waals surface area contributed by atoms with Gasteiger partial charge in [-0.3, -0.25) is 14.7 Å². The molecule has 7 nitrogen and oxygen atoms in total. The van der Waals surface area contributed by atoms with Crippen molar-refractivity contribution in [3.05, 3.63) is 45.7 Å². The molecule has 1 heterocycles. The van der Waals surface area contributed by atoms with Crippen LogP contribution < -0.4 is 10.6 Å². The zero-order chi connectivity index (χ0) is 23.5. The first kappa shape index (κ1) is 26.2. The number of aliphatic hydroxyl groups excluding tert-OH is 1.